The number of nitrogens with zero attached hydrogens (tertiary/aromatic N) is 1. The normalized spacial score (nSPS) is 10.1. The Kier molecular flexibility index (Phi) is 6.59. The minimum atomic E-state index is -0.482. The average Bonchev–Trinajstić information content (AvgIpc) is 2.74. The van der Waals surface area contributed by atoms with E-state index in [1.54, 1.807) is 6.07 Å². The van der Waals surface area contributed by atoms with Gasteiger partial charge in [0.25, 0.3) is 5.69 Å². The maximum atomic E-state index is 10.9. The number of nitrogens with one attached hydrogen (secondary N) is 2. The Hall–Kier alpha value is -3.65. The molecule has 8 heteroatoms. The van der Waals surface area contributed by atoms with E-state index in [4.69, 9.17) is 21.7 Å². The van der Waals surface area contributed by atoms with Crippen LogP contribution in [0.1, 0.15) is 5.56 Å². The molecular formula is C21H19N3O4S. The molecule has 0 unspecified atom stereocenters. The molecule has 148 valence electrons. The SMILES string of the molecule is COc1cc([N+](=O)[O-])ccc1NC(=S)Nc1ccc(OCc2ccccc2)cc1. The van der Waals surface area contributed by atoms with Crippen LogP contribution in [0.4, 0.5) is 17.1 Å². The molecule has 0 spiro atoms. The smallest absolute Gasteiger partial charge is 0.273 e. The number of nitro benzene ring substituents is 1. The molecule has 0 saturated carbocycles. The van der Waals surface area contributed by atoms with Crippen LogP contribution in [-0.2, 0) is 6.61 Å². The van der Waals surface area contributed by atoms with Crippen molar-refractivity contribution in [3.05, 3.63) is 88.5 Å². The van der Waals surface area contributed by atoms with Crippen LogP contribution in [0.5, 0.6) is 11.5 Å². The van der Waals surface area contributed by atoms with Gasteiger partial charge in [-0.1, -0.05) is 30.3 Å². The monoisotopic (exact) mass is 409 g/mol. The molecule has 0 aliphatic heterocycles. The fourth-order valence-corrected chi connectivity index (χ4v) is 2.78. The van der Waals surface area contributed by atoms with Crippen molar-refractivity contribution < 1.29 is 14.4 Å². The third kappa shape index (κ3) is 5.66. The van der Waals surface area contributed by atoms with Gasteiger partial charge in [-0.3, -0.25) is 10.1 Å². The molecule has 3 aromatic rings. The molecule has 7 nitrogen and oxygen atoms in total. The number of hydrogen-bond acceptors (Lipinski definition) is 5. The second-order valence-corrected chi connectivity index (χ2v) is 6.43. The van der Waals surface area contributed by atoms with Crippen molar-refractivity contribution in [3.63, 3.8) is 0 Å². The van der Waals surface area contributed by atoms with E-state index in [1.807, 2.05) is 54.6 Å². The number of rotatable bonds is 7. The Morgan fingerprint density at radius 1 is 1.03 bits per heavy atom. The summed E-state index contributed by atoms with van der Waals surface area (Å²) in [6.45, 7) is 0.494. The summed E-state index contributed by atoms with van der Waals surface area (Å²) >= 11 is 5.32. The van der Waals surface area contributed by atoms with Gasteiger partial charge in [-0.25, -0.2) is 0 Å². The lowest BCUT2D eigenvalue weighted by molar-refractivity contribution is -0.384. The van der Waals surface area contributed by atoms with Crippen molar-refractivity contribution in [2.75, 3.05) is 17.7 Å². The topological polar surface area (TPSA) is 85.7 Å². The van der Waals surface area contributed by atoms with Crippen LogP contribution in [-0.4, -0.2) is 17.1 Å². The first-order chi connectivity index (χ1) is 14.0. The predicted molar refractivity (Wildman–Crippen MR) is 117 cm³/mol. The number of non-ortho nitro benzene ring substituents is 1. The van der Waals surface area contributed by atoms with Gasteiger partial charge in [0.1, 0.15) is 18.1 Å². The van der Waals surface area contributed by atoms with Gasteiger partial charge in [-0.15, -0.1) is 0 Å². The second-order valence-electron chi connectivity index (χ2n) is 6.02. The van der Waals surface area contributed by atoms with Crippen LogP contribution < -0.4 is 20.1 Å². The molecular weight excluding hydrogens is 390 g/mol. The molecule has 0 bridgehead atoms. The molecule has 0 saturated heterocycles. The summed E-state index contributed by atoms with van der Waals surface area (Å²) in [4.78, 5) is 10.4. The van der Waals surface area contributed by atoms with Crippen molar-refractivity contribution in [2.45, 2.75) is 6.61 Å². The number of thiocarbonyl (C=S) groups is 1. The molecule has 0 fully saturated rings. The van der Waals surface area contributed by atoms with Crippen LogP contribution >= 0.6 is 12.2 Å². The van der Waals surface area contributed by atoms with Crippen molar-refractivity contribution in [1.82, 2.24) is 0 Å². The molecule has 3 aromatic carbocycles. The Bertz CT molecular complexity index is 995. The van der Waals surface area contributed by atoms with Crippen LogP contribution in [0.3, 0.4) is 0 Å². The molecule has 3 rings (SSSR count). The lowest BCUT2D eigenvalue weighted by Gasteiger charge is -2.14. The molecule has 0 heterocycles. The van der Waals surface area contributed by atoms with Gasteiger partial charge in [0, 0.05) is 11.8 Å². The largest absolute Gasteiger partial charge is 0.494 e. The summed E-state index contributed by atoms with van der Waals surface area (Å²) in [5, 5.41) is 17.2. The molecule has 29 heavy (non-hydrogen) atoms. The molecule has 2 N–H and O–H groups in total. The van der Waals surface area contributed by atoms with Crippen LogP contribution in [0.25, 0.3) is 0 Å². The zero-order valence-corrected chi connectivity index (χ0v) is 16.4. The lowest BCUT2D eigenvalue weighted by atomic mass is 10.2. The van der Waals surface area contributed by atoms with Crippen molar-refractivity contribution in [2.24, 2.45) is 0 Å². The summed E-state index contributed by atoms with van der Waals surface area (Å²) in [7, 11) is 1.44. The maximum Gasteiger partial charge on any atom is 0.273 e. The first kappa shape index (κ1) is 20.1. The summed E-state index contributed by atoms with van der Waals surface area (Å²) in [5.74, 6) is 1.07. The number of ether oxygens (including phenoxy) is 2. The van der Waals surface area contributed by atoms with Gasteiger partial charge < -0.3 is 20.1 Å². The number of anilines is 2. The summed E-state index contributed by atoms with van der Waals surface area (Å²) in [5.41, 5.74) is 2.34. The third-order valence-electron chi connectivity index (χ3n) is 4.00. The van der Waals surface area contributed by atoms with Gasteiger partial charge in [-0.2, -0.15) is 0 Å². The van der Waals surface area contributed by atoms with Gasteiger partial charge >= 0.3 is 0 Å². The van der Waals surface area contributed by atoms with Gasteiger partial charge in [0.15, 0.2) is 5.11 Å². The lowest BCUT2D eigenvalue weighted by Crippen LogP contribution is -2.19. The highest BCUT2D eigenvalue weighted by molar-refractivity contribution is 7.80. The zero-order valence-electron chi connectivity index (χ0n) is 15.6. The highest BCUT2D eigenvalue weighted by atomic mass is 32.1. The number of benzene rings is 3. The van der Waals surface area contributed by atoms with Crippen molar-refractivity contribution in [3.8, 4) is 11.5 Å². The molecule has 0 amide bonds. The minimum Gasteiger partial charge on any atom is -0.494 e. The van der Waals surface area contributed by atoms with Gasteiger partial charge in [0.05, 0.1) is 23.8 Å². The van der Waals surface area contributed by atoms with Gasteiger partial charge in [-0.05, 0) is 48.1 Å². The molecule has 0 aliphatic carbocycles. The first-order valence-corrected chi connectivity index (χ1v) is 9.13. The quantitative estimate of drug-likeness (QED) is 0.323. The van der Waals surface area contributed by atoms with E-state index in [0.717, 1.165) is 17.0 Å². The predicted octanol–water partition coefficient (Wildman–Crippen LogP) is 4.99. The van der Waals surface area contributed by atoms with Gasteiger partial charge in [0.2, 0.25) is 0 Å². The second kappa shape index (κ2) is 9.52. The Labute approximate surface area is 173 Å². The van der Waals surface area contributed by atoms with Crippen LogP contribution in [0.15, 0.2) is 72.8 Å². The number of nitro groups is 1. The van der Waals surface area contributed by atoms with E-state index in [2.05, 4.69) is 10.6 Å². The fourth-order valence-electron chi connectivity index (χ4n) is 2.56. The van der Waals surface area contributed by atoms with E-state index >= 15 is 0 Å². The fraction of sp³-hybridized carbons (Fsp3) is 0.0952. The standard InChI is InChI=1S/C21H19N3O4S/c1-27-20-13-17(24(25)26)9-12-19(20)23-21(29)22-16-7-10-18(11-8-16)28-14-15-5-3-2-4-6-15/h2-13H,14H2,1H3,(H2,22,23,29). The number of methoxy groups -OCH3 is 1. The molecule has 0 aromatic heterocycles. The van der Waals surface area contributed by atoms with E-state index in [1.165, 1.54) is 19.2 Å². The molecule has 0 radical (unpaired) electrons. The average molecular weight is 409 g/mol. The summed E-state index contributed by atoms with van der Waals surface area (Å²) in [6.07, 6.45) is 0. The maximum absolute atomic E-state index is 10.9. The van der Waals surface area contributed by atoms with E-state index < -0.39 is 4.92 Å². The van der Waals surface area contributed by atoms with Crippen molar-refractivity contribution in [1.29, 1.82) is 0 Å². The van der Waals surface area contributed by atoms with Crippen molar-refractivity contribution >= 4 is 34.4 Å². The van der Waals surface area contributed by atoms with Crippen LogP contribution in [0.2, 0.25) is 0 Å². The summed E-state index contributed by atoms with van der Waals surface area (Å²) < 4.78 is 11.0. The van der Waals surface area contributed by atoms with E-state index in [0.29, 0.717) is 23.2 Å². The summed E-state index contributed by atoms with van der Waals surface area (Å²) in [6, 6.07) is 21.6. The first-order valence-electron chi connectivity index (χ1n) is 8.72. The molecule has 0 aliphatic rings. The third-order valence-corrected chi connectivity index (χ3v) is 4.21. The Balaban J connectivity index is 1.57. The minimum absolute atomic E-state index is 0.0580. The molecule has 0 atom stereocenters. The number of hydrogen-bond donors (Lipinski definition) is 2. The van der Waals surface area contributed by atoms with E-state index in [9.17, 15) is 10.1 Å². The van der Waals surface area contributed by atoms with Crippen LogP contribution in [0, 0.1) is 10.1 Å². The highest BCUT2D eigenvalue weighted by Crippen LogP contribution is 2.29. The Morgan fingerprint density at radius 2 is 1.76 bits per heavy atom. The Morgan fingerprint density at radius 3 is 2.41 bits per heavy atom. The highest BCUT2D eigenvalue weighted by Gasteiger charge is 2.12. The van der Waals surface area contributed by atoms with E-state index in [-0.39, 0.29) is 5.69 Å². The zero-order chi connectivity index (χ0) is 20.6.